The fourth-order valence-electron chi connectivity index (χ4n) is 5.06. The molecule has 2 aromatic rings. The second-order valence-corrected chi connectivity index (χ2v) is 11.2. The Morgan fingerprint density at radius 3 is 2.44 bits per heavy atom. The van der Waals surface area contributed by atoms with Gasteiger partial charge >= 0.3 is 0 Å². The van der Waals surface area contributed by atoms with Gasteiger partial charge in [0.2, 0.25) is 0 Å². The minimum Gasteiger partial charge on any atom is -0.385 e. The van der Waals surface area contributed by atoms with Crippen LogP contribution in [-0.2, 0) is 6.42 Å². The Bertz CT molecular complexity index is 955. The van der Waals surface area contributed by atoms with E-state index in [0.29, 0.717) is 18.0 Å². The summed E-state index contributed by atoms with van der Waals surface area (Å²) in [4.78, 5) is 2.25. The van der Waals surface area contributed by atoms with Crippen LogP contribution in [0.4, 0.5) is 8.78 Å². The zero-order valence-electron chi connectivity index (χ0n) is 22.5. The monoisotopic (exact) mass is 497 g/mol. The normalized spacial score (nSPS) is 16.2. The Kier molecular flexibility index (Phi) is 10.5. The Balaban J connectivity index is 1.46. The number of rotatable bonds is 13. The first-order valence-corrected chi connectivity index (χ1v) is 13.6. The zero-order chi connectivity index (χ0) is 26.1. The molecule has 1 fully saturated rings. The predicted octanol–water partition coefficient (Wildman–Crippen LogP) is 6.96. The molecule has 2 aromatic carbocycles. The van der Waals surface area contributed by atoms with Gasteiger partial charge in [-0.05, 0) is 101 Å². The number of alkyl halides is 1. The number of likely N-dealkylation sites (tertiary alicyclic amines) is 1. The summed E-state index contributed by atoms with van der Waals surface area (Å²) in [6.07, 6.45) is 7.54. The number of nitrogens with one attached hydrogen (secondary N) is 1. The molecule has 0 saturated carbocycles. The molecule has 1 aliphatic rings. The summed E-state index contributed by atoms with van der Waals surface area (Å²) >= 11 is 0. The summed E-state index contributed by atoms with van der Waals surface area (Å²) < 4.78 is 28.8. The van der Waals surface area contributed by atoms with E-state index in [2.05, 4.69) is 28.9 Å². The van der Waals surface area contributed by atoms with Gasteiger partial charge in [0, 0.05) is 30.4 Å². The second-order valence-electron chi connectivity index (χ2n) is 11.2. The Morgan fingerprint density at radius 1 is 1.14 bits per heavy atom. The molecule has 1 atom stereocenters. The molecule has 0 aromatic heterocycles. The molecule has 0 amide bonds. The number of hydrogen-bond acceptors (Lipinski definition) is 3. The first-order chi connectivity index (χ1) is 17.1. The molecule has 0 aliphatic carbocycles. The van der Waals surface area contributed by atoms with Gasteiger partial charge in [0.05, 0.1) is 0 Å². The fraction of sp³-hybridized carbons (Fsp3) is 0.548. The van der Waals surface area contributed by atoms with E-state index in [-0.39, 0.29) is 11.9 Å². The van der Waals surface area contributed by atoms with Crippen molar-refractivity contribution < 1.29 is 8.78 Å². The van der Waals surface area contributed by atoms with Crippen molar-refractivity contribution in [3.05, 3.63) is 66.0 Å². The van der Waals surface area contributed by atoms with Crippen molar-refractivity contribution in [2.45, 2.75) is 77.4 Å². The van der Waals surface area contributed by atoms with Crippen molar-refractivity contribution in [1.82, 2.24) is 10.2 Å². The van der Waals surface area contributed by atoms with Crippen LogP contribution < -0.4 is 11.1 Å². The average Bonchev–Trinajstić information content (AvgIpc) is 2.82. The molecule has 1 saturated heterocycles. The van der Waals surface area contributed by atoms with Gasteiger partial charge in [-0.25, -0.2) is 8.78 Å². The smallest absolute Gasteiger partial charge is 0.131 e. The molecule has 3 rings (SSSR count). The van der Waals surface area contributed by atoms with Crippen LogP contribution in [0.25, 0.3) is 16.8 Å². The third kappa shape index (κ3) is 9.33. The van der Waals surface area contributed by atoms with E-state index in [0.717, 1.165) is 81.4 Å². The van der Waals surface area contributed by atoms with Gasteiger partial charge in [0.1, 0.15) is 11.5 Å². The highest BCUT2D eigenvalue weighted by Crippen LogP contribution is 2.28. The van der Waals surface area contributed by atoms with E-state index < -0.39 is 5.67 Å². The van der Waals surface area contributed by atoms with Crippen LogP contribution in [0.5, 0.6) is 0 Å². The van der Waals surface area contributed by atoms with Crippen LogP contribution in [-0.4, -0.2) is 42.8 Å². The molecule has 3 N–H and O–H groups in total. The Labute approximate surface area is 217 Å². The second kappa shape index (κ2) is 13.3. The first kappa shape index (κ1) is 28.3. The van der Waals surface area contributed by atoms with Crippen LogP contribution in [0.3, 0.4) is 0 Å². The predicted molar refractivity (Wildman–Crippen MR) is 149 cm³/mol. The highest BCUT2D eigenvalue weighted by Gasteiger charge is 2.25. The topological polar surface area (TPSA) is 41.3 Å². The van der Waals surface area contributed by atoms with E-state index in [4.69, 9.17) is 5.73 Å². The number of unbranched alkanes of at least 4 members (excludes halogenated alkanes) is 1. The lowest BCUT2D eigenvalue weighted by Crippen LogP contribution is -2.41. The summed E-state index contributed by atoms with van der Waals surface area (Å²) in [5.74, 6) is 0.461. The summed E-state index contributed by atoms with van der Waals surface area (Å²) in [5, 5.41) is 3.30. The summed E-state index contributed by atoms with van der Waals surface area (Å²) in [6.45, 7) is 12.7. The van der Waals surface area contributed by atoms with Crippen molar-refractivity contribution in [2.75, 3.05) is 26.2 Å². The minimum atomic E-state index is -1.12. The number of piperidine rings is 1. The molecule has 1 aliphatic heterocycles. The maximum absolute atomic E-state index is 14.9. The first-order valence-electron chi connectivity index (χ1n) is 13.6. The van der Waals surface area contributed by atoms with E-state index in [1.165, 1.54) is 5.56 Å². The van der Waals surface area contributed by atoms with E-state index in [1.54, 1.807) is 19.9 Å². The van der Waals surface area contributed by atoms with Crippen LogP contribution in [0.15, 0.2) is 49.0 Å². The van der Waals surface area contributed by atoms with Crippen molar-refractivity contribution >= 4 is 5.70 Å². The number of aryl methyl sites for hydroxylation is 1. The third-order valence-corrected chi connectivity index (χ3v) is 7.16. The molecule has 36 heavy (non-hydrogen) atoms. The fourth-order valence-corrected chi connectivity index (χ4v) is 5.06. The highest BCUT2D eigenvalue weighted by molar-refractivity contribution is 5.69. The van der Waals surface area contributed by atoms with Crippen molar-refractivity contribution in [1.29, 1.82) is 0 Å². The molecule has 0 radical (unpaired) electrons. The van der Waals surface area contributed by atoms with Gasteiger partial charge in [-0.3, -0.25) is 0 Å². The standard InChI is InChI=1S/C31H45F2N3/c1-23(34)7-5-6-18-35-24(2)28-14-15-29(30(32)21-28)27-12-10-25(11-13-27)8-9-26-16-19-36(20-17-26)22-31(3,4)33/h10-15,21,23,26,35H,2,5-9,16-20,22,34H2,1,3-4H3. The van der Waals surface area contributed by atoms with Crippen molar-refractivity contribution in [3.8, 4) is 11.1 Å². The molecule has 1 unspecified atom stereocenters. The summed E-state index contributed by atoms with van der Waals surface area (Å²) in [5.41, 5.74) is 8.97. The van der Waals surface area contributed by atoms with Crippen LogP contribution >= 0.6 is 0 Å². The lowest BCUT2D eigenvalue weighted by molar-refractivity contribution is 0.0943. The van der Waals surface area contributed by atoms with E-state index in [9.17, 15) is 8.78 Å². The minimum absolute atomic E-state index is 0.231. The van der Waals surface area contributed by atoms with Crippen LogP contribution in [0.1, 0.15) is 70.4 Å². The average molecular weight is 498 g/mol. The van der Waals surface area contributed by atoms with E-state index >= 15 is 0 Å². The van der Waals surface area contributed by atoms with E-state index in [1.807, 2.05) is 31.2 Å². The number of nitrogens with two attached hydrogens (primary N) is 1. The molecule has 1 heterocycles. The van der Waals surface area contributed by atoms with Crippen LogP contribution in [0.2, 0.25) is 0 Å². The maximum Gasteiger partial charge on any atom is 0.131 e. The van der Waals surface area contributed by atoms with Gasteiger partial charge < -0.3 is 16.0 Å². The largest absolute Gasteiger partial charge is 0.385 e. The number of hydrogen-bond donors (Lipinski definition) is 2. The van der Waals surface area contributed by atoms with Crippen molar-refractivity contribution in [2.24, 2.45) is 11.7 Å². The number of halogens is 2. The van der Waals surface area contributed by atoms with Gasteiger partial charge in [0.25, 0.3) is 0 Å². The van der Waals surface area contributed by atoms with Gasteiger partial charge in [0.15, 0.2) is 0 Å². The quantitative estimate of drug-likeness (QED) is 0.294. The van der Waals surface area contributed by atoms with Crippen LogP contribution in [0, 0.1) is 11.7 Å². The molecular weight excluding hydrogens is 452 g/mol. The van der Waals surface area contributed by atoms with Gasteiger partial charge in [-0.1, -0.05) is 49.4 Å². The lowest BCUT2D eigenvalue weighted by Gasteiger charge is -2.34. The van der Waals surface area contributed by atoms with Gasteiger partial charge in [-0.2, -0.15) is 0 Å². The number of nitrogens with zero attached hydrogens (tertiary/aromatic N) is 1. The Morgan fingerprint density at radius 2 is 1.83 bits per heavy atom. The third-order valence-electron chi connectivity index (χ3n) is 7.16. The molecule has 0 spiro atoms. The number of benzene rings is 2. The lowest BCUT2D eigenvalue weighted by atomic mass is 9.90. The van der Waals surface area contributed by atoms with Gasteiger partial charge in [-0.15, -0.1) is 0 Å². The Hall–Kier alpha value is -2.24. The zero-order valence-corrected chi connectivity index (χ0v) is 22.5. The summed E-state index contributed by atoms with van der Waals surface area (Å²) in [7, 11) is 0. The highest BCUT2D eigenvalue weighted by atomic mass is 19.1. The molecule has 0 bridgehead atoms. The molecular formula is C31H45F2N3. The molecule has 5 heteroatoms. The molecule has 198 valence electrons. The maximum atomic E-state index is 14.9. The van der Waals surface area contributed by atoms with Crippen molar-refractivity contribution in [3.63, 3.8) is 0 Å². The summed E-state index contributed by atoms with van der Waals surface area (Å²) in [6, 6.07) is 13.8. The SMILES string of the molecule is C=C(NCCCCC(C)N)c1ccc(-c2ccc(CCC3CCN(CC(C)(C)F)CC3)cc2)c(F)c1. The molecule has 3 nitrogen and oxygen atoms in total.